The Kier molecular flexibility index (Phi) is 3.96. The number of nitriles is 1. The zero-order valence-corrected chi connectivity index (χ0v) is 11.3. The van der Waals surface area contributed by atoms with Crippen LogP contribution in [0.15, 0.2) is 24.3 Å². The minimum Gasteiger partial charge on any atom is -0.493 e. The minimum atomic E-state index is 0.585. The number of hydrogen-bond acceptors (Lipinski definition) is 4. The van der Waals surface area contributed by atoms with E-state index in [4.69, 9.17) is 10.00 Å². The monoisotopic (exact) mass is 258 g/mol. The van der Waals surface area contributed by atoms with Crippen molar-refractivity contribution in [3.8, 4) is 11.8 Å². The maximum atomic E-state index is 8.85. The van der Waals surface area contributed by atoms with Gasteiger partial charge in [-0.15, -0.1) is 11.3 Å². The number of ether oxygens (including phenoxy) is 1. The van der Waals surface area contributed by atoms with Crippen LogP contribution in [-0.4, -0.2) is 11.6 Å². The molecule has 0 amide bonds. The molecule has 0 aliphatic heterocycles. The standard InChI is InChI=1S/C14H14N2OS/c1-10-4-3-5-12(8-10)17-7-6-14-16-11(2)13(9-15)18-14/h3-5,8H,6-7H2,1-2H3. The van der Waals surface area contributed by atoms with Crippen molar-refractivity contribution < 1.29 is 4.74 Å². The Labute approximate surface area is 111 Å². The second kappa shape index (κ2) is 5.65. The number of nitrogens with zero attached hydrogens (tertiary/aromatic N) is 2. The molecule has 0 bridgehead atoms. The van der Waals surface area contributed by atoms with Crippen LogP contribution >= 0.6 is 11.3 Å². The Balaban J connectivity index is 1.90. The van der Waals surface area contributed by atoms with E-state index < -0.39 is 0 Å². The predicted octanol–water partition coefficient (Wildman–Crippen LogP) is 3.25. The van der Waals surface area contributed by atoms with Crippen LogP contribution in [0.1, 0.15) is 21.1 Å². The molecule has 18 heavy (non-hydrogen) atoms. The van der Waals surface area contributed by atoms with E-state index in [1.165, 1.54) is 16.9 Å². The lowest BCUT2D eigenvalue weighted by Crippen LogP contribution is -2.01. The molecule has 0 saturated heterocycles. The van der Waals surface area contributed by atoms with Crippen LogP contribution in [0.2, 0.25) is 0 Å². The van der Waals surface area contributed by atoms with E-state index in [0.29, 0.717) is 11.5 Å². The number of rotatable bonds is 4. The predicted molar refractivity (Wildman–Crippen MR) is 71.9 cm³/mol. The van der Waals surface area contributed by atoms with E-state index in [9.17, 15) is 0 Å². The Morgan fingerprint density at radius 1 is 1.39 bits per heavy atom. The molecule has 3 nitrogen and oxygen atoms in total. The van der Waals surface area contributed by atoms with Crippen LogP contribution in [0.25, 0.3) is 0 Å². The Hall–Kier alpha value is -1.86. The molecule has 0 spiro atoms. The van der Waals surface area contributed by atoms with Gasteiger partial charge in [0.2, 0.25) is 0 Å². The van der Waals surface area contributed by atoms with E-state index in [-0.39, 0.29) is 0 Å². The smallest absolute Gasteiger partial charge is 0.127 e. The van der Waals surface area contributed by atoms with Crippen molar-refractivity contribution in [3.63, 3.8) is 0 Å². The van der Waals surface area contributed by atoms with Crippen molar-refractivity contribution >= 4 is 11.3 Å². The highest BCUT2D eigenvalue weighted by molar-refractivity contribution is 7.12. The number of hydrogen-bond donors (Lipinski definition) is 0. The van der Waals surface area contributed by atoms with Gasteiger partial charge in [0.15, 0.2) is 0 Å². The first-order valence-electron chi connectivity index (χ1n) is 5.75. The molecule has 92 valence electrons. The third kappa shape index (κ3) is 3.08. The molecule has 0 N–H and O–H groups in total. The first-order chi connectivity index (χ1) is 8.69. The van der Waals surface area contributed by atoms with Crippen molar-refractivity contribution in [2.75, 3.05) is 6.61 Å². The Morgan fingerprint density at radius 3 is 2.89 bits per heavy atom. The molecule has 1 heterocycles. The largest absolute Gasteiger partial charge is 0.493 e. The van der Waals surface area contributed by atoms with Gasteiger partial charge in [-0.25, -0.2) is 4.98 Å². The highest BCUT2D eigenvalue weighted by atomic mass is 32.1. The molecule has 0 aliphatic rings. The lowest BCUT2D eigenvalue weighted by Gasteiger charge is -2.05. The van der Waals surface area contributed by atoms with Crippen molar-refractivity contribution in [2.24, 2.45) is 0 Å². The van der Waals surface area contributed by atoms with Gasteiger partial charge in [-0.3, -0.25) is 0 Å². The Bertz CT molecular complexity index is 584. The lowest BCUT2D eigenvalue weighted by molar-refractivity contribution is 0.321. The molecule has 4 heteroatoms. The van der Waals surface area contributed by atoms with Gasteiger partial charge in [0.1, 0.15) is 16.7 Å². The number of thiazole rings is 1. The fourth-order valence-corrected chi connectivity index (χ4v) is 2.47. The van der Waals surface area contributed by atoms with Gasteiger partial charge in [-0.2, -0.15) is 5.26 Å². The zero-order valence-electron chi connectivity index (χ0n) is 10.4. The lowest BCUT2D eigenvalue weighted by atomic mass is 10.2. The summed E-state index contributed by atoms with van der Waals surface area (Å²) in [6, 6.07) is 10.1. The van der Waals surface area contributed by atoms with Crippen molar-refractivity contribution in [2.45, 2.75) is 20.3 Å². The van der Waals surface area contributed by atoms with E-state index >= 15 is 0 Å². The van der Waals surface area contributed by atoms with Gasteiger partial charge in [0.05, 0.1) is 17.3 Å². The summed E-state index contributed by atoms with van der Waals surface area (Å²) in [4.78, 5) is 5.04. The maximum Gasteiger partial charge on any atom is 0.127 e. The second-order valence-corrected chi connectivity index (χ2v) is 5.13. The number of aromatic nitrogens is 1. The van der Waals surface area contributed by atoms with Crippen molar-refractivity contribution in [3.05, 3.63) is 45.4 Å². The summed E-state index contributed by atoms with van der Waals surface area (Å²) in [7, 11) is 0. The van der Waals surface area contributed by atoms with Crippen LogP contribution in [0, 0.1) is 25.2 Å². The molecule has 1 aromatic carbocycles. The normalized spacial score (nSPS) is 10.1. The fraction of sp³-hybridized carbons (Fsp3) is 0.286. The van der Waals surface area contributed by atoms with Crippen LogP contribution in [-0.2, 0) is 6.42 Å². The number of benzene rings is 1. The van der Waals surface area contributed by atoms with E-state index in [1.54, 1.807) is 0 Å². The topological polar surface area (TPSA) is 45.9 Å². The molecular weight excluding hydrogens is 244 g/mol. The van der Waals surface area contributed by atoms with Gasteiger partial charge in [-0.05, 0) is 31.5 Å². The SMILES string of the molecule is Cc1cccc(OCCc2nc(C)c(C#N)s2)c1. The first-order valence-corrected chi connectivity index (χ1v) is 6.56. The fourth-order valence-electron chi connectivity index (χ4n) is 1.62. The summed E-state index contributed by atoms with van der Waals surface area (Å²) in [5, 5.41) is 9.81. The van der Waals surface area contributed by atoms with Crippen LogP contribution in [0.3, 0.4) is 0 Å². The van der Waals surface area contributed by atoms with E-state index in [2.05, 4.69) is 11.1 Å². The van der Waals surface area contributed by atoms with Gasteiger partial charge in [0, 0.05) is 6.42 Å². The van der Waals surface area contributed by atoms with Crippen LogP contribution in [0.5, 0.6) is 5.75 Å². The summed E-state index contributed by atoms with van der Waals surface area (Å²) >= 11 is 1.45. The van der Waals surface area contributed by atoms with E-state index in [1.807, 2.05) is 38.1 Å². The third-order valence-corrected chi connectivity index (χ3v) is 3.64. The highest BCUT2D eigenvalue weighted by Crippen LogP contribution is 2.18. The molecule has 1 aromatic heterocycles. The van der Waals surface area contributed by atoms with Gasteiger partial charge < -0.3 is 4.74 Å². The maximum absolute atomic E-state index is 8.85. The molecule has 2 aromatic rings. The van der Waals surface area contributed by atoms with Gasteiger partial charge in [-0.1, -0.05) is 12.1 Å². The third-order valence-electron chi connectivity index (χ3n) is 2.52. The zero-order chi connectivity index (χ0) is 13.0. The van der Waals surface area contributed by atoms with Gasteiger partial charge >= 0.3 is 0 Å². The summed E-state index contributed by atoms with van der Waals surface area (Å²) in [6.45, 7) is 4.48. The first kappa shape index (κ1) is 12.6. The molecule has 0 fully saturated rings. The molecule has 0 saturated carbocycles. The summed E-state index contributed by atoms with van der Waals surface area (Å²) in [6.07, 6.45) is 0.737. The van der Waals surface area contributed by atoms with E-state index in [0.717, 1.165) is 22.9 Å². The summed E-state index contributed by atoms with van der Waals surface area (Å²) in [5.74, 6) is 0.879. The molecule has 2 rings (SSSR count). The Morgan fingerprint density at radius 2 is 2.22 bits per heavy atom. The quantitative estimate of drug-likeness (QED) is 0.845. The van der Waals surface area contributed by atoms with Crippen molar-refractivity contribution in [1.29, 1.82) is 5.26 Å². The average molecular weight is 258 g/mol. The van der Waals surface area contributed by atoms with Gasteiger partial charge in [0.25, 0.3) is 0 Å². The summed E-state index contributed by atoms with van der Waals surface area (Å²) < 4.78 is 5.66. The molecule has 0 radical (unpaired) electrons. The molecular formula is C14H14N2OS. The molecule has 0 aliphatic carbocycles. The highest BCUT2D eigenvalue weighted by Gasteiger charge is 2.06. The molecule has 0 atom stereocenters. The molecule has 0 unspecified atom stereocenters. The van der Waals surface area contributed by atoms with Crippen LogP contribution < -0.4 is 4.74 Å². The number of aryl methyl sites for hydroxylation is 2. The summed E-state index contributed by atoms with van der Waals surface area (Å²) in [5.41, 5.74) is 2.00. The minimum absolute atomic E-state index is 0.585. The van der Waals surface area contributed by atoms with Crippen molar-refractivity contribution in [1.82, 2.24) is 4.98 Å². The average Bonchev–Trinajstić information content (AvgIpc) is 2.70. The second-order valence-electron chi connectivity index (χ2n) is 4.05. The van der Waals surface area contributed by atoms with Crippen LogP contribution in [0.4, 0.5) is 0 Å².